The molecule has 2 aromatic rings. The van der Waals surface area contributed by atoms with Gasteiger partial charge in [0.25, 0.3) is 0 Å². The molecule has 0 atom stereocenters. The number of hydrogen-bond donors (Lipinski definition) is 3. The maximum absolute atomic E-state index is 11.6. The topological polar surface area (TPSA) is 128 Å². The summed E-state index contributed by atoms with van der Waals surface area (Å²) in [6.45, 7) is 6.21. The first-order valence-electron chi connectivity index (χ1n) is 8.66. The van der Waals surface area contributed by atoms with Gasteiger partial charge in [-0.15, -0.1) is 10.2 Å². The molecule has 0 saturated carbocycles. The Kier molecular flexibility index (Phi) is 7.45. The Morgan fingerprint density at radius 3 is 2.63 bits per heavy atom. The number of ether oxygens (including phenoxy) is 1. The fourth-order valence-electron chi connectivity index (χ4n) is 2.18. The van der Waals surface area contributed by atoms with Crippen LogP contribution in [0.4, 0.5) is 23.0 Å². The van der Waals surface area contributed by atoms with Crippen LogP contribution in [0.1, 0.15) is 26.2 Å². The zero-order valence-corrected chi connectivity index (χ0v) is 15.3. The molecule has 27 heavy (non-hydrogen) atoms. The molecule has 5 N–H and O–H groups in total. The molecule has 1 heterocycles. The van der Waals surface area contributed by atoms with Crippen molar-refractivity contribution in [2.45, 2.75) is 26.2 Å². The van der Waals surface area contributed by atoms with Crippen LogP contribution in [-0.4, -0.2) is 17.4 Å². The summed E-state index contributed by atoms with van der Waals surface area (Å²) in [6, 6.07) is 10.5. The Balaban J connectivity index is 2.14. The Bertz CT molecular complexity index is 835. The van der Waals surface area contributed by atoms with Gasteiger partial charge >= 0.3 is 0 Å². The zero-order valence-electron chi connectivity index (χ0n) is 15.3. The fraction of sp³-hybridized carbons (Fsp3) is 0.263. The molecule has 142 valence electrons. The van der Waals surface area contributed by atoms with Crippen molar-refractivity contribution in [1.82, 2.24) is 4.98 Å². The van der Waals surface area contributed by atoms with Crippen LogP contribution in [0.2, 0.25) is 0 Å². The molecule has 0 aliphatic carbocycles. The quantitative estimate of drug-likeness (QED) is 0.454. The van der Waals surface area contributed by atoms with E-state index in [1.165, 1.54) is 0 Å². The van der Waals surface area contributed by atoms with Gasteiger partial charge in [0.1, 0.15) is 17.2 Å². The summed E-state index contributed by atoms with van der Waals surface area (Å²) in [5.41, 5.74) is 12.2. The van der Waals surface area contributed by atoms with Gasteiger partial charge in [-0.1, -0.05) is 25.6 Å². The number of benzene rings is 1. The minimum atomic E-state index is -0.225. The molecular formula is C19H24N6O2. The second kappa shape index (κ2) is 10.0. The van der Waals surface area contributed by atoms with Gasteiger partial charge in [-0.2, -0.15) is 0 Å². The Hall–Kier alpha value is -3.26. The minimum absolute atomic E-state index is 0.151. The van der Waals surface area contributed by atoms with Crippen LogP contribution in [0.3, 0.4) is 0 Å². The summed E-state index contributed by atoms with van der Waals surface area (Å²) in [5.74, 6) is 1.50. The lowest BCUT2D eigenvalue weighted by Crippen LogP contribution is -2.17. The number of carbonyl (C=O) groups is 1. The first-order chi connectivity index (χ1) is 13.0. The van der Waals surface area contributed by atoms with E-state index in [0.29, 0.717) is 28.7 Å². The highest BCUT2D eigenvalue weighted by molar-refractivity contribution is 5.90. The molecule has 1 aromatic carbocycles. The molecular weight excluding hydrogens is 344 g/mol. The van der Waals surface area contributed by atoms with Crippen molar-refractivity contribution in [1.29, 1.82) is 0 Å². The Labute approximate surface area is 158 Å². The van der Waals surface area contributed by atoms with Crippen LogP contribution in [-0.2, 0) is 4.79 Å². The van der Waals surface area contributed by atoms with Crippen LogP contribution < -0.4 is 21.5 Å². The first kappa shape index (κ1) is 20.1. The number of nitrogens with zero attached hydrogens (tertiary/aromatic N) is 3. The van der Waals surface area contributed by atoms with Crippen molar-refractivity contribution in [3.63, 3.8) is 0 Å². The summed E-state index contributed by atoms with van der Waals surface area (Å²) in [4.78, 5) is 15.7. The molecule has 0 saturated heterocycles. The number of allylic oxidation sites excluding steroid dienone is 1. The number of para-hydroxylation sites is 1. The number of anilines is 2. The lowest BCUT2D eigenvalue weighted by molar-refractivity contribution is -0.116. The molecule has 0 unspecified atom stereocenters. The summed E-state index contributed by atoms with van der Waals surface area (Å²) >= 11 is 0. The highest BCUT2D eigenvalue weighted by Gasteiger charge is 2.07. The largest absolute Gasteiger partial charge is 0.460 e. The summed E-state index contributed by atoms with van der Waals surface area (Å²) in [7, 11) is 0. The molecule has 0 aliphatic heterocycles. The number of hydrogen-bond acceptors (Lipinski definition) is 7. The smallest absolute Gasteiger partial charge is 0.226 e. The summed E-state index contributed by atoms with van der Waals surface area (Å²) < 4.78 is 5.74. The number of pyridine rings is 1. The number of aromatic nitrogens is 1. The summed E-state index contributed by atoms with van der Waals surface area (Å²) in [6.07, 6.45) is 1.92. The van der Waals surface area contributed by atoms with Crippen LogP contribution in [0.25, 0.3) is 0 Å². The van der Waals surface area contributed by atoms with E-state index in [0.717, 1.165) is 12.8 Å². The molecule has 0 spiro atoms. The molecule has 0 fully saturated rings. The average molecular weight is 368 g/mol. The highest BCUT2D eigenvalue weighted by atomic mass is 16.5. The van der Waals surface area contributed by atoms with Gasteiger partial charge in [0.05, 0.1) is 5.76 Å². The standard InChI is InChI=1S/C19H24N6O2/c1-3-6-13(2)27-16-8-5-4-7-14(16)24-25-15-9-10-17(23-19(15)21)22-18(26)11-12-20/h4-5,7-10H,2-3,6,11-12,20H2,1H3,(H3,21,22,23,26). The van der Waals surface area contributed by atoms with Crippen LogP contribution in [0, 0.1) is 0 Å². The highest BCUT2D eigenvalue weighted by Crippen LogP contribution is 2.31. The molecule has 1 aromatic heterocycles. The van der Waals surface area contributed by atoms with Gasteiger partial charge < -0.3 is 21.5 Å². The van der Waals surface area contributed by atoms with Crippen molar-refractivity contribution < 1.29 is 9.53 Å². The molecule has 8 nitrogen and oxygen atoms in total. The summed E-state index contributed by atoms with van der Waals surface area (Å²) in [5, 5.41) is 11.0. The first-order valence-corrected chi connectivity index (χ1v) is 8.66. The third kappa shape index (κ3) is 6.19. The van der Waals surface area contributed by atoms with Gasteiger partial charge in [0, 0.05) is 19.4 Å². The molecule has 1 amide bonds. The molecule has 2 rings (SSSR count). The molecule has 8 heteroatoms. The average Bonchev–Trinajstić information content (AvgIpc) is 2.62. The lowest BCUT2D eigenvalue weighted by Gasteiger charge is -2.09. The number of nitrogen functional groups attached to an aromatic ring is 1. The van der Waals surface area contributed by atoms with E-state index in [2.05, 4.69) is 34.0 Å². The molecule has 0 radical (unpaired) electrons. The van der Waals surface area contributed by atoms with Crippen molar-refractivity contribution in [3.05, 3.63) is 48.7 Å². The second-order valence-corrected chi connectivity index (χ2v) is 5.75. The van der Waals surface area contributed by atoms with Gasteiger partial charge in [-0.25, -0.2) is 4.98 Å². The van der Waals surface area contributed by atoms with Gasteiger partial charge in [-0.3, -0.25) is 4.79 Å². The lowest BCUT2D eigenvalue weighted by atomic mass is 10.3. The fourth-order valence-corrected chi connectivity index (χ4v) is 2.18. The maximum atomic E-state index is 11.6. The number of amides is 1. The van der Waals surface area contributed by atoms with E-state index in [1.807, 2.05) is 12.1 Å². The van der Waals surface area contributed by atoms with E-state index < -0.39 is 0 Å². The predicted molar refractivity (Wildman–Crippen MR) is 106 cm³/mol. The third-order valence-corrected chi connectivity index (χ3v) is 3.46. The maximum Gasteiger partial charge on any atom is 0.226 e. The number of rotatable bonds is 9. The van der Waals surface area contributed by atoms with E-state index in [-0.39, 0.29) is 24.7 Å². The molecule has 0 bridgehead atoms. The van der Waals surface area contributed by atoms with Gasteiger partial charge in [-0.05, 0) is 30.7 Å². The van der Waals surface area contributed by atoms with E-state index in [1.54, 1.807) is 24.3 Å². The number of nitrogens with two attached hydrogens (primary N) is 2. The Morgan fingerprint density at radius 2 is 1.93 bits per heavy atom. The van der Waals surface area contributed by atoms with Gasteiger partial charge in [0.2, 0.25) is 5.91 Å². The van der Waals surface area contributed by atoms with E-state index in [4.69, 9.17) is 16.2 Å². The van der Waals surface area contributed by atoms with Crippen LogP contribution in [0.15, 0.2) is 59.0 Å². The monoisotopic (exact) mass is 368 g/mol. The Morgan fingerprint density at radius 1 is 1.19 bits per heavy atom. The normalized spacial score (nSPS) is 10.7. The minimum Gasteiger partial charge on any atom is -0.460 e. The van der Waals surface area contributed by atoms with Crippen molar-refractivity contribution in [2.24, 2.45) is 16.0 Å². The van der Waals surface area contributed by atoms with E-state index in [9.17, 15) is 4.79 Å². The van der Waals surface area contributed by atoms with Crippen LogP contribution >= 0.6 is 0 Å². The zero-order chi connectivity index (χ0) is 19.6. The number of nitrogens with one attached hydrogen (secondary N) is 1. The second-order valence-electron chi connectivity index (χ2n) is 5.75. The van der Waals surface area contributed by atoms with Crippen molar-refractivity contribution >= 4 is 28.9 Å². The van der Waals surface area contributed by atoms with Crippen LogP contribution in [0.5, 0.6) is 5.75 Å². The van der Waals surface area contributed by atoms with E-state index >= 15 is 0 Å². The number of carbonyl (C=O) groups excluding carboxylic acids is 1. The van der Waals surface area contributed by atoms with Gasteiger partial charge in [0.15, 0.2) is 11.6 Å². The van der Waals surface area contributed by atoms with Crippen molar-refractivity contribution in [2.75, 3.05) is 17.6 Å². The number of azo groups is 1. The van der Waals surface area contributed by atoms with Crippen molar-refractivity contribution in [3.8, 4) is 5.75 Å². The molecule has 0 aliphatic rings. The predicted octanol–water partition coefficient (Wildman–Crippen LogP) is 4.06. The SMILES string of the molecule is C=C(CCC)Oc1ccccc1N=Nc1ccc(NC(=O)CCN)nc1N. The third-order valence-electron chi connectivity index (χ3n) is 3.46.